The Morgan fingerprint density at radius 2 is 1.86 bits per heavy atom. The van der Waals surface area contributed by atoms with Crippen molar-refractivity contribution in [3.8, 4) is 5.82 Å². The Morgan fingerprint density at radius 1 is 1.11 bits per heavy atom. The molecule has 1 aliphatic carbocycles. The lowest BCUT2D eigenvalue weighted by molar-refractivity contribution is -0.000302. The van der Waals surface area contributed by atoms with Gasteiger partial charge in [0, 0.05) is 23.8 Å². The highest BCUT2D eigenvalue weighted by molar-refractivity contribution is 5.77. The Kier molecular flexibility index (Phi) is 7.05. The molecular weight excluding hydrogens is 561 g/mol. The molecule has 11 heteroatoms. The second-order valence-electron chi connectivity index (χ2n) is 14.0. The van der Waals surface area contributed by atoms with Crippen LogP contribution in [0.4, 0.5) is 20.8 Å². The molecule has 1 N–H and O–H groups in total. The number of hydrogen-bond donors (Lipinski definition) is 1. The van der Waals surface area contributed by atoms with E-state index in [-0.39, 0.29) is 17.7 Å². The van der Waals surface area contributed by atoms with Gasteiger partial charge >= 0.3 is 6.09 Å². The maximum Gasteiger partial charge on any atom is 0.411 e. The van der Waals surface area contributed by atoms with E-state index in [1.807, 2.05) is 58.9 Å². The number of carbonyl (C=O) groups excluding carboxylic acids is 1. The molecule has 4 aromatic rings. The molecular formula is C33H40FN7O3. The Hall–Kier alpha value is -4.28. The van der Waals surface area contributed by atoms with Crippen molar-refractivity contribution < 1.29 is 13.9 Å². The number of fused-ring (bicyclic) bond motifs is 2. The van der Waals surface area contributed by atoms with E-state index in [2.05, 4.69) is 16.4 Å². The van der Waals surface area contributed by atoms with E-state index in [1.165, 1.54) is 0 Å². The molecule has 0 spiro atoms. The van der Waals surface area contributed by atoms with Gasteiger partial charge in [-0.25, -0.2) is 24.1 Å². The van der Waals surface area contributed by atoms with Crippen LogP contribution in [0.1, 0.15) is 84.2 Å². The highest BCUT2D eigenvalue weighted by Gasteiger charge is 2.39. The molecule has 1 aliphatic heterocycles. The molecule has 1 aromatic carbocycles. The summed E-state index contributed by atoms with van der Waals surface area (Å²) in [5, 5.41) is 3.71. The monoisotopic (exact) mass is 601 g/mol. The number of nitrogens with one attached hydrogen (secondary N) is 1. The van der Waals surface area contributed by atoms with E-state index in [0.29, 0.717) is 41.5 Å². The minimum absolute atomic E-state index is 0.0528. The normalized spacial score (nSPS) is 16.6. The summed E-state index contributed by atoms with van der Waals surface area (Å²) < 4.78 is 23.0. The third-order valence-electron chi connectivity index (χ3n) is 8.41. The zero-order chi connectivity index (χ0) is 31.6. The maximum atomic E-state index is 13.8. The third-order valence-corrected chi connectivity index (χ3v) is 8.41. The first-order valence-corrected chi connectivity index (χ1v) is 15.1. The van der Waals surface area contributed by atoms with Gasteiger partial charge in [-0.15, -0.1) is 0 Å². The lowest BCUT2D eigenvalue weighted by Gasteiger charge is -2.44. The van der Waals surface area contributed by atoms with Gasteiger partial charge in [-0.3, -0.25) is 14.1 Å². The number of alkyl halides is 1. The molecule has 4 heterocycles. The number of ether oxygens (including phenoxy) is 1. The van der Waals surface area contributed by atoms with E-state index < -0.39 is 23.2 Å². The van der Waals surface area contributed by atoms with Crippen LogP contribution < -0.4 is 10.9 Å². The van der Waals surface area contributed by atoms with Crippen LogP contribution in [0.5, 0.6) is 0 Å². The minimum atomic E-state index is -0.768. The summed E-state index contributed by atoms with van der Waals surface area (Å²) in [6.45, 7) is 13.3. The number of aromatic nitrogens is 5. The van der Waals surface area contributed by atoms with E-state index >= 15 is 0 Å². The first kappa shape index (κ1) is 29.8. The number of nitrogens with zero attached hydrogens (tertiary/aromatic N) is 6. The van der Waals surface area contributed by atoms with Gasteiger partial charge in [0.25, 0.3) is 5.56 Å². The Labute approximate surface area is 256 Å². The van der Waals surface area contributed by atoms with Gasteiger partial charge in [-0.1, -0.05) is 26.0 Å². The SMILES string of the molecule is CC(C)(C)OC(=O)N1CCc2cc(Nc3ncc4c(=O)n(C5CC5)n(-c5cccc(C(C)(C)CF)n5)c4n3)ccc2C1(C)C. The van der Waals surface area contributed by atoms with Gasteiger partial charge in [-0.05, 0) is 89.3 Å². The van der Waals surface area contributed by atoms with Crippen molar-refractivity contribution in [1.82, 2.24) is 29.2 Å². The van der Waals surface area contributed by atoms with Crippen LogP contribution in [0.25, 0.3) is 16.9 Å². The fourth-order valence-corrected chi connectivity index (χ4v) is 5.81. The average Bonchev–Trinajstić information content (AvgIpc) is 3.75. The van der Waals surface area contributed by atoms with Crippen LogP contribution in [-0.4, -0.2) is 54.1 Å². The van der Waals surface area contributed by atoms with Crippen LogP contribution in [0, 0.1) is 0 Å². The second-order valence-corrected chi connectivity index (χ2v) is 14.0. The number of rotatable bonds is 6. The van der Waals surface area contributed by atoms with Crippen molar-refractivity contribution in [1.29, 1.82) is 0 Å². The predicted octanol–water partition coefficient (Wildman–Crippen LogP) is 6.33. The summed E-state index contributed by atoms with van der Waals surface area (Å²) in [7, 11) is 0. The third kappa shape index (κ3) is 5.33. The predicted molar refractivity (Wildman–Crippen MR) is 168 cm³/mol. The molecule has 0 unspecified atom stereocenters. The molecule has 44 heavy (non-hydrogen) atoms. The molecule has 2 aliphatic rings. The van der Waals surface area contributed by atoms with Gasteiger partial charge in [-0.2, -0.15) is 4.98 Å². The zero-order valence-corrected chi connectivity index (χ0v) is 26.4. The van der Waals surface area contributed by atoms with Gasteiger partial charge in [0.1, 0.15) is 17.7 Å². The largest absolute Gasteiger partial charge is 0.444 e. The lowest BCUT2D eigenvalue weighted by Crippen LogP contribution is -2.51. The second kappa shape index (κ2) is 10.4. The van der Waals surface area contributed by atoms with Crippen molar-refractivity contribution in [2.24, 2.45) is 0 Å². The standard InChI is InChI=1S/C33H40FN7O3/c1-31(2,3)44-30(43)39-16-15-20-17-21(11-14-24(20)33(39,6)7)36-29-35-18-23-27(38-29)41(40(28(23)42)22-12-13-22)26-10-8-9-25(37-26)32(4,5)19-34/h8-11,14,17-18,22H,12-13,15-16,19H2,1-7H3,(H,35,36,38). The summed E-state index contributed by atoms with van der Waals surface area (Å²) in [6, 6.07) is 11.5. The molecule has 1 fully saturated rings. The van der Waals surface area contributed by atoms with Crippen LogP contribution >= 0.6 is 0 Å². The molecule has 0 bridgehead atoms. The molecule has 1 amide bonds. The molecule has 0 atom stereocenters. The van der Waals surface area contributed by atoms with Crippen molar-refractivity contribution in [3.63, 3.8) is 0 Å². The number of pyridine rings is 1. The van der Waals surface area contributed by atoms with Gasteiger partial charge < -0.3 is 10.1 Å². The van der Waals surface area contributed by atoms with Crippen molar-refractivity contribution in [2.75, 3.05) is 18.5 Å². The molecule has 0 saturated heterocycles. The quantitative estimate of drug-likeness (QED) is 0.275. The maximum absolute atomic E-state index is 13.8. The van der Waals surface area contributed by atoms with Crippen molar-refractivity contribution >= 4 is 28.8 Å². The smallest absolute Gasteiger partial charge is 0.411 e. The first-order chi connectivity index (χ1) is 20.7. The molecule has 232 valence electrons. The number of benzene rings is 1. The number of halogens is 1. The van der Waals surface area contributed by atoms with Crippen LogP contribution in [0.3, 0.4) is 0 Å². The first-order valence-electron chi connectivity index (χ1n) is 15.1. The van der Waals surface area contributed by atoms with Crippen LogP contribution in [0.15, 0.2) is 47.4 Å². The fraction of sp³-hybridized carbons (Fsp3) is 0.485. The lowest BCUT2D eigenvalue weighted by atomic mass is 9.83. The van der Waals surface area contributed by atoms with E-state index in [1.54, 1.807) is 40.4 Å². The van der Waals surface area contributed by atoms with E-state index in [9.17, 15) is 14.0 Å². The van der Waals surface area contributed by atoms with Crippen LogP contribution in [0.2, 0.25) is 0 Å². The summed E-state index contributed by atoms with van der Waals surface area (Å²) >= 11 is 0. The molecule has 10 nitrogen and oxygen atoms in total. The van der Waals surface area contributed by atoms with Gasteiger partial charge in [0.2, 0.25) is 5.95 Å². The highest BCUT2D eigenvalue weighted by Crippen LogP contribution is 2.38. The topological polar surface area (TPSA) is 107 Å². The average molecular weight is 602 g/mol. The molecule has 3 aromatic heterocycles. The van der Waals surface area contributed by atoms with Gasteiger partial charge in [0.15, 0.2) is 11.5 Å². The summed E-state index contributed by atoms with van der Waals surface area (Å²) in [6.07, 6.45) is 3.68. The van der Waals surface area contributed by atoms with Crippen LogP contribution in [-0.2, 0) is 22.1 Å². The fourth-order valence-electron chi connectivity index (χ4n) is 5.81. The number of carbonyl (C=O) groups is 1. The Balaban J connectivity index is 1.35. The Bertz CT molecular complexity index is 1810. The zero-order valence-electron chi connectivity index (χ0n) is 26.4. The van der Waals surface area contributed by atoms with Crippen molar-refractivity contribution in [3.05, 3.63) is 69.8 Å². The van der Waals surface area contributed by atoms with Crippen molar-refractivity contribution in [2.45, 2.75) is 90.3 Å². The summed E-state index contributed by atoms with van der Waals surface area (Å²) in [5.74, 6) is 0.850. The number of amides is 1. The number of anilines is 2. The minimum Gasteiger partial charge on any atom is -0.444 e. The Morgan fingerprint density at radius 3 is 2.55 bits per heavy atom. The molecule has 6 rings (SSSR count). The molecule has 1 saturated carbocycles. The summed E-state index contributed by atoms with van der Waals surface area (Å²) in [4.78, 5) is 42.3. The highest BCUT2D eigenvalue weighted by atomic mass is 19.1. The summed E-state index contributed by atoms with van der Waals surface area (Å²) in [5.41, 5.74) is 1.94. The van der Waals surface area contributed by atoms with E-state index in [4.69, 9.17) is 14.7 Å². The van der Waals surface area contributed by atoms with E-state index in [0.717, 1.165) is 29.7 Å². The number of hydrogen-bond acceptors (Lipinski definition) is 7. The molecule has 0 radical (unpaired) electrons. The van der Waals surface area contributed by atoms with Gasteiger partial charge in [0.05, 0.1) is 17.3 Å².